The highest BCUT2D eigenvalue weighted by Gasteiger charge is 2.18. The molecule has 38 heavy (non-hydrogen) atoms. The van der Waals surface area contributed by atoms with E-state index in [1.165, 1.54) is 0 Å². The van der Waals surface area contributed by atoms with Crippen molar-refractivity contribution in [2.75, 3.05) is 6.61 Å². The number of aliphatic hydroxyl groups excluding tert-OH is 2. The SMILES string of the molecule is CC(C)Oc1ccc(C(=O)C[C@H](CCO)Cc2ccc(-c3cn4cccc([C@H](C)O)c4n3)cc2)cc1C#N. The van der Waals surface area contributed by atoms with Crippen molar-refractivity contribution in [1.82, 2.24) is 9.38 Å². The number of rotatable bonds is 11. The maximum atomic E-state index is 13.1. The van der Waals surface area contributed by atoms with Gasteiger partial charge in [0.2, 0.25) is 0 Å². The zero-order chi connectivity index (χ0) is 27.2. The fraction of sp³-hybridized carbons (Fsp3) is 0.323. The molecule has 7 nitrogen and oxygen atoms in total. The minimum atomic E-state index is -0.611. The van der Waals surface area contributed by atoms with E-state index in [-0.39, 0.29) is 30.8 Å². The van der Waals surface area contributed by atoms with Gasteiger partial charge in [-0.2, -0.15) is 5.26 Å². The van der Waals surface area contributed by atoms with Crippen molar-refractivity contribution < 1.29 is 19.7 Å². The van der Waals surface area contributed by atoms with Gasteiger partial charge in [0.05, 0.1) is 23.5 Å². The van der Waals surface area contributed by atoms with Crippen LogP contribution in [0, 0.1) is 17.2 Å². The normalized spacial score (nSPS) is 12.9. The van der Waals surface area contributed by atoms with E-state index in [1.807, 2.05) is 67.0 Å². The zero-order valence-electron chi connectivity index (χ0n) is 22.0. The molecule has 2 aromatic heterocycles. The number of carbonyl (C=O) groups is 1. The van der Waals surface area contributed by atoms with Crippen molar-refractivity contribution in [3.63, 3.8) is 0 Å². The Balaban J connectivity index is 1.47. The van der Waals surface area contributed by atoms with Crippen LogP contribution in [0.15, 0.2) is 67.0 Å². The molecule has 196 valence electrons. The van der Waals surface area contributed by atoms with Crippen LogP contribution >= 0.6 is 0 Å². The lowest BCUT2D eigenvalue weighted by Gasteiger charge is -2.16. The lowest BCUT2D eigenvalue weighted by molar-refractivity contribution is 0.0953. The topological polar surface area (TPSA) is 108 Å². The molecule has 7 heteroatoms. The van der Waals surface area contributed by atoms with E-state index in [0.717, 1.165) is 28.0 Å². The highest BCUT2D eigenvalue weighted by atomic mass is 16.5. The number of nitriles is 1. The number of hydrogen-bond donors (Lipinski definition) is 2. The van der Waals surface area contributed by atoms with Crippen LogP contribution in [0.25, 0.3) is 16.9 Å². The minimum Gasteiger partial charge on any atom is -0.490 e. The number of aromatic nitrogens is 2. The number of pyridine rings is 1. The quantitative estimate of drug-likeness (QED) is 0.257. The van der Waals surface area contributed by atoms with Crippen molar-refractivity contribution in [3.05, 3.63) is 89.2 Å². The molecule has 2 N–H and O–H groups in total. The molecular weight excluding hydrogens is 478 g/mol. The van der Waals surface area contributed by atoms with Crippen molar-refractivity contribution in [1.29, 1.82) is 5.26 Å². The number of fused-ring (bicyclic) bond motifs is 1. The summed E-state index contributed by atoms with van der Waals surface area (Å²) in [6.45, 7) is 5.49. The molecule has 0 unspecified atom stereocenters. The summed E-state index contributed by atoms with van der Waals surface area (Å²) in [6.07, 6.45) is 4.58. The molecule has 4 aromatic rings. The summed E-state index contributed by atoms with van der Waals surface area (Å²) in [5.41, 5.74) is 5.14. The Morgan fingerprint density at radius 2 is 1.89 bits per heavy atom. The minimum absolute atomic E-state index is 0.00645. The third-order valence-corrected chi connectivity index (χ3v) is 6.53. The summed E-state index contributed by atoms with van der Waals surface area (Å²) in [6, 6.07) is 18.9. The van der Waals surface area contributed by atoms with E-state index >= 15 is 0 Å². The molecule has 0 amide bonds. The molecule has 0 aliphatic carbocycles. The number of ketones is 1. The first-order chi connectivity index (χ1) is 18.3. The first kappa shape index (κ1) is 27.1. The molecule has 0 aliphatic rings. The molecule has 0 aliphatic heterocycles. The number of carbonyl (C=O) groups excluding carboxylic acids is 1. The third-order valence-electron chi connectivity index (χ3n) is 6.53. The maximum Gasteiger partial charge on any atom is 0.163 e. The van der Waals surface area contributed by atoms with Gasteiger partial charge in [0.1, 0.15) is 17.5 Å². The Bertz CT molecular complexity index is 1450. The molecule has 0 radical (unpaired) electrons. The predicted molar refractivity (Wildman–Crippen MR) is 146 cm³/mol. The lowest BCUT2D eigenvalue weighted by atomic mass is 9.89. The van der Waals surface area contributed by atoms with Gasteiger partial charge in [0.25, 0.3) is 0 Å². The highest BCUT2D eigenvalue weighted by molar-refractivity contribution is 5.96. The molecule has 4 rings (SSSR count). The number of Topliss-reactive ketones (excluding diaryl/α,β-unsaturated/α-hetero) is 1. The van der Waals surface area contributed by atoms with E-state index in [4.69, 9.17) is 9.72 Å². The molecule has 0 spiro atoms. The molecule has 0 bridgehead atoms. The summed E-state index contributed by atoms with van der Waals surface area (Å²) in [5, 5.41) is 29.2. The van der Waals surface area contributed by atoms with Crippen LogP contribution in [0.1, 0.15) is 66.8 Å². The van der Waals surface area contributed by atoms with E-state index in [1.54, 1.807) is 25.1 Å². The summed E-state index contributed by atoms with van der Waals surface area (Å²) in [5.74, 6) is 0.365. The molecular formula is C31H33N3O4. The van der Waals surface area contributed by atoms with Gasteiger partial charge in [-0.3, -0.25) is 4.79 Å². The molecule has 2 atom stereocenters. The van der Waals surface area contributed by atoms with Gasteiger partial charge in [0.15, 0.2) is 5.78 Å². The number of aliphatic hydroxyl groups is 2. The lowest BCUT2D eigenvalue weighted by Crippen LogP contribution is -2.14. The van der Waals surface area contributed by atoms with E-state index < -0.39 is 6.10 Å². The Morgan fingerprint density at radius 3 is 2.55 bits per heavy atom. The van der Waals surface area contributed by atoms with Crippen LogP contribution in [-0.4, -0.2) is 38.1 Å². The molecule has 2 heterocycles. The number of ether oxygens (including phenoxy) is 1. The summed E-state index contributed by atoms with van der Waals surface area (Å²) < 4.78 is 7.57. The van der Waals surface area contributed by atoms with Crippen molar-refractivity contribution in [2.45, 2.75) is 52.2 Å². The van der Waals surface area contributed by atoms with Gasteiger partial charge in [-0.15, -0.1) is 0 Å². The third kappa shape index (κ3) is 6.28. The number of nitrogens with zero attached hydrogens (tertiary/aromatic N) is 3. The van der Waals surface area contributed by atoms with E-state index in [2.05, 4.69) is 6.07 Å². The smallest absolute Gasteiger partial charge is 0.163 e. The number of benzene rings is 2. The second-order valence-electron chi connectivity index (χ2n) is 9.89. The van der Waals surface area contributed by atoms with Crippen LogP contribution in [0.4, 0.5) is 0 Å². The van der Waals surface area contributed by atoms with Crippen LogP contribution < -0.4 is 4.74 Å². The average Bonchev–Trinajstić information content (AvgIpc) is 3.33. The van der Waals surface area contributed by atoms with Crippen molar-refractivity contribution >= 4 is 11.4 Å². The van der Waals surface area contributed by atoms with Gasteiger partial charge < -0.3 is 19.4 Å². The predicted octanol–water partition coefficient (Wildman–Crippen LogP) is 5.53. The Kier molecular flexibility index (Phi) is 8.57. The van der Waals surface area contributed by atoms with Gasteiger partial charge in [-0.25, -0.2) is 4.98 Å². The molecule has 0 saturated heterocycles. The maximum absolute atomic E-state index is 13.1. The summed E-state index contributed by atoms with van der Waals surface area (Å²) in [7, 11) is 0. The van der Waals surface area contributed by atoms with E-state index in [0.29, 0.717) is 29.7 Å². The highest BCUT2D eigenvalue weighted by Crippen LogP contribution is 2.27. The zero-order valence-corrected chi connectivity index (χ0v) is 22.0. The van der Waals surface area contributed by atoms with Gasteiger partial charge in [-0.1, -0.05) is 30.3 Å². The van der Waals surface area contributed by atoms with Gasteiger partial charge in [0, 0.05) is 42.1 Å². The molecule has 0 fully saturated rings. The van der Waals surface area contributed by atoms with Crippen molar-refractivity contribution in [2.24, 2.45) is 5.92 Å². The second-order valence-corrected chi connectivity index (χ2v) is 9.89. The molecule has 2 aromatic carbocycles. The fourth-order valence-corrected chi connectivity index (χ4v) is 4.63. The first-order valence-corrected chi connectivity index (χ1v) is 12.9. The molecule has 0 saturated carbocycles. The number of hydrogen-bond acceptors (Lipinski definition) is 6. The monoisotopic (exact) mass is 511 g/mol. The first-order valence-electron chi connectivity index (χ1n) is 12.9. The Morgan fingerprint density at radius 1 is 1.13 bits per heavy atom. The standard InChI is InChI=1S/C31H33N3O4/c1-20(2)38-30-11-10-25(17-26(30)18-32)29(37)16-23(12-14-35)15-22-6-8-24(9-7-22)28-19-34-13-4-5-27(21(3)36)31(34)33-28/h4-11,13,17,19-21,23,35-36H,12,14-16H2,1-3H3/t21-,23+/m0/s1. The second kappa shape index (κ2) is 12.0. The fourth-order valence-electron chi connectivity index (χ4n) is 4.63. The van der Waals surface area contributed by atoms with Crippen LogP contribution in [0.3, 0.4) is 0 Å². The summed E-state index contributed by atoms with van der Waals surface area (Å²) >= 11 is 0. The number of imidazole rings is 1. The Labute approximate surface area is 223 Å². The van der Waals surface area contributed by atoms with Gasteiger partial charge >= 0.3 is 0 Å². The summed E-state index contributed by atoms with van der Waals surface area (Å²) in [4.78, 5) is 17.8. The Hall–Kier alpha value is -3.99. The van der Waals surface area contributed by atoms with Crippen LogP contribution in [0.5, 0.6) is 5.75 Å². The van der Waals surface area contributed by atoms with Crippen LogP contribution in [-0.2, 0) is 6.42 Å². The van der Waals surface area contributed by atoms with E-state index in [9.17, 15) is 20.3 Å². The average molecular weight is 512 g/mol. The largest absolute Gasteiger partial charge is 0.490 e. The van der Waals surface area contributed by atoms with Gasteiger partial charge in [-0.05, 0) is 69.4 Å². The van der Waals surface area contributed by atoms with Crippen LogP contribution in [0.2, 0.25) is 0 Å². The van der Waals surface area contributed by atoms with Crippen molar-refractivity contribution in [3.8, 4) is 23.1 Å².